The lowest BCUT2D eigenvalue weighted by Gasteiger charge is -2.10. The molecule has 2 N–H and O–H groups in total. The molecule has 22 heavy (non-hydrogen) atoms. The van der Waals surface area contributed by atoms with Gasteiger partial charge in [-0.15, -0.1) is 0 Å². The molecule has 0 bridgehead atoms. The van der Waals surface area contributed by atoms with Gasteiger partial charge in [0.1, 0.15) is 11.6 Å². The van der Waals surface area contributed by atoms with E-state index in [1.165, 1.54) is 6.07 Å². The maximum absolute atomic E-state index is 13.5. The van der Waals surface area contributed by atoms with Crippen LogP contribution in [0.4, 0.5) is 14.5 Å². The highest BCUT2D eigenvalue weighted by molar-refractivity contribution is 9.10. The first kappa shape index (κ1) is 16.4. The molecule has 0 amide bonds. The van der Waals surface area contributed by atoms with Gasteiger partial charge in [0.05, 0.1) is 16.1 Å². The summed E-state index contributed by atoms with van der Waals surface area (Å²) in [6.07, 6.45) is 0. The van der Waals surface area contributed by atoms with Crippen molar-refractivity contribution in [2.75, 3.05) is 4.72 Å². The number of benzene rings is 2. The van der Waals surface area contributed by atoms with E-state index in [1.54, 1.807) is 0 Å². The second-order valence-corrected chi connectivity index (χ2v) is 6.71. The lowest BCUT2D eigenvalue weighted by molar-refractivity contribution is 0.0695. The summed E-state index contributed by atoms with van der Waals surface area (Å²) in [5.41, 5.74) is -0.705. The molecule has 2 aromatic rings. The van der Waals surface area contributed by atoms with Crippen molar-refractivity contribution in [3.63, 3.8) is 0 Å². The molecule has 0 aliphatic rings. The van der Waals surface area contributed by atoms with Crippen molar-refractivity contribution in [1.82, 2.24) is 0 Å². The van der Waals surface area contributed by atoms with Gasteiger partial charge in [-0.1, -0.05) is 0 Å². The van der Waals surface area contributed by atoms with Crippen molar-refractivity contribution in [2.24, 2.45) is 0 Å². The third-order valence-electron chi connectivity index (χ3n) is 2.65. The molecular formula is C13H8BrF2NO4S. The van der Waals surface area contributed by atoms with Crippen LogP contribution in [0.2, 0.25) is 0 Å². The smallest absolute Gasteiger partial charge is 0.336 e. The monoisotopic (exact) mass is 391 g/mol. The Morgan fingerprint density at radius 1 is 1.14 bits per heavy atom. The van der Waals surface area contributed by atoms with Crippen LogP contribution in [0.3, 0.4) is 0 Å². The van der Waals surface area contributed by atoms with Crippen molar-refractivity contribution in [3.8, 4) is 0 Å². The maximum Gasteiger partial charge on any atom is 0.336 e. The topological polar surface area (TPSA) is 83.5 Å². The molecule has 0 spiro atoms. The number of sulfonamides is 1. The Morgan fingerprint density at radius 2 is 1.82 bits per heavy atom. The normalized spacial score (nSPS) is 11.2. The average molecular weight is 392 g/mol. The number of hydrogen-bond acceptors (Lipinski definition) is 3. The molecule has 116 valence electrons. The summed E-state index contributed by atoms with van der Waals surface area (Å²) < 4.78 is 52.7. The third kappa shape index (κ3) is 3.42. The van der Waals surface area contributed by atoms with E-state index >= 15 is 0 Å². The Bertz CT molecular complexity index is 855. The van der Waals surface area contributed by atoms with E-state index in [-0.39, 0.29) is 14.9 Å². The molecule has 5 nitrogen and oxygen atoms in total. The predicted octanol–water partition coefficient (Wildman–Crippen LogP) is 3.23. The molecule has 2 rings (SSSR count). The second kappa shape index (κ2) is 6.01. The van der Waals surface area contributed by atoms with Crippen LogP contribution in [0, 0.1) is 11.6 Å². The van der Waals surface area contributed by atoms with Crippen molar-refractivity contribution in [2.45, 2.75) is 4.90 Å². The molecule has 2 aromatic carbocycles. The molecule has 0 aliphatic carbocycles. The van der Waals surface area contributed by atoms with E-state index in [1.807, 2.05) is 4.72 Å². The fraction of sp³-hybridized carbons (Fsp3) is 0. The molecule has 9 heteroatoms. The zero-order valence-electron chi connectivity index (χ0n) is 10.7. The Morgan fingerprint density at radius 3 is 2.41 bits per heavy atom. The Balaban J connectivity index is 2.42. The van der Waals surface area contributed by atoms with Gasteiger partial charge in [-0.3, -0.25) is 4.72 Å². The van der Waals surface area contributed by atoms with Gasteiger partial charge in [0.15, 0.2) is 0 Å². The highest BCUT2D eigenvalue weighted by Gasteiger charge is 2.19. The minimum Gasteiger partial charge on any atom is -0.478 e. The van der Waals surface area contributed by atoms with Crippen LogP contribution in [0.1, 0.15) is 10.4 Å². The fourth-order valence-corrected chi connectivity index (χ4v) is 3.12. The number of carboxylic acids is 1. The molecule has 0 fully saturated rings. The average Bonchev–Trinajstić information content (AvgIpc) is 2.42. The van der Waals surface area contributed by atoms with Gasteiger partial charge in [0.25, 0.3) is 10.0 Å². The highest BCUT2D eigenvalue weighted by atomic mass is 79.9. The quantitative estimate of drug-likeness (QED) is 0.837. The summed E-state index contributed by atoms with van der Waals surface area (Å²) in [7, 11) is -4.22. The number of carbonyl (C=O) groups is 1. The molecule has 0 atom stereocenters. The summed E-state index contributed by atoms with van der Waals surface area (Å²) in [5, 5.41) is 8.97. The van der Waals surface area contributed by atoms with E-state index in [0.29, 0.717) is 6.07 Å². The van der Waals surface area contributed by atoms with Crippen LogP contribution >= 0.6 is 15.9 Å². The highest BCUT2D eigenvalue weighted by Crippen LogP contribution is 2.24. The standard InChI is InChI=1S/C13H8BrF2NO4S/c14-10-3-2-8(6-9(10)13(18)19)22(20,21)17-12-4-1-7(15)5-11(12)16/h1-6,17H,(H,18,19). The van der Waals surface area contributed by atoms with E-state index in [9.17, 15) is 22.0 Å². The first-order valence-electron chi connectivity index (χ1n) is 5.71. The molecule has 0 radical (unpaired) electrons. The fourth-order valence-electron chi connectivity index (χ4n) is 1.61. The molecule has 0 heterocycles. The summed E-state index contributed by atoms with van der Waals surface area (Å²) in [6.45, 7) is 0. The largest absolute Gasteiger partial charge is 0.478 e. The third-order valence-corrected chi connectivity index (χ3v) is 4.71. The lowest BCUT2D eigenvalue weighted by atomic mass is 10.2. The first-order chi connectivity index (χ1) is 10.2. The van der Waals surface area contributed by atoms with Crippen LogP contribution in [0.15, 0.2) is 45.8 Å². The van der Waals surface area contributed by atoms with Gasteiger partial charge < -0.3 is 5.11 Å². The van der Waals surface area contributed by atoms with Gasteiger partial charge in [-0.05, 0) is 46.3 Å². The summed E-state index contributed by atoms with van der Waals surface area (Å²) in [5.74, 6) is -3.26. The number of carboxylic acid groups (broad SMARTS) is 1. The Kier molecular flexibility index (Phi) is 4.47. The Labute approximate surface area is 132 Å². The van der Waals surface area contributed by atoms with E-state index < -0.39 is 33.3 Å². The molecule has 0 saturated heterocycles. The summed E-state index contributed by atoms with van der Waals surface area (Å²) in [4.78, 5) is 10.6. The Hall–Kier alpha value is -2.00. The van der Waals surface area contributed by atoms with E-state index in [4.69, 9.17) is 5.11 Å². The van der Waals surface area contributed by atoms with Crippen molar-refractivity contribution in [3.05, 3.63) is 58.1 Å². The molecule has 0 aliphatic heterocycles. The van der Waals surface area contributed by atoms with Gasteiger partial charge in [-0.2, -0.15) is 0 Å². The van der Waals surface area contributed by atoms with Crippen LogP contribution in [-0.2, 0) is 10.0 Å². The maximum atomic E-state index is 13.5. The van der Waals surface area contributed by atoms with Gasteiger partial charge in [0.2, 0.25) is 0 Å². The summed E-state index contributed by atoms with van der Waals surface area (Å²) in [6, 6.07) is 5.68. The number of anilines is 1. The number of aromatic carboxylic acids is 1. The van der Waals surface area contributed by atoms with Gasteiger partial charge >= 0.3 is 5.97 Å². The van der Waals surface area contributed by atoms with Crippen molar-refractivity contribution >= 4 is 37.6 Å². The van der Waals surface area contributed by atoms with Crippen LogP contribution in [0.25, 0.3) is 0 Å². The number of nitrogens with one attached hydrogen (secondary N) is 1. The van der Waals surface area contributed by atoms with Gasteiger partial charge in [0, 0.05) is 10.5 Å². The van der Waals surface area contributed by atoms with Crippen LogP contribution in [0.5, 0.6) is 0 Å². The molecule has 0 aromatic heterocycles. The van der Waals surface area contributed by atoms with Crippen LogP contribution < -0.4 is 4.72 Å². The van der Waals surface area contributed by atoms with Crippen LogP contribution in [-0.4, -0.2) is 19.5 Å². The summed E-state index contributed by atoms with van der Waals surface area (Å²) >= 11 is 2.99. The zero-order chi connectivity index (χ0) is 16.5. The van der Waals surface area contributed by atoms with E-state index in [0.717, 1.165) is 24.3 Å². The SMILES string of the molecule is O=C(O)c1cc(S(=O)(=O)Nc2ccc(F)cc2F)ccc1Br. The minimum absolute atomic E-state index is 0.201. The number of hydrogen-bond donors (Lipinski definition) is 2. The van der Waals surface area contributed by atoms with Crippen molar-refractivity contribution < 1.29 is 27.1 Å². The lowest BCUT2D eigenvalue weighted by Crippen LogP contribution is -2.15. The van der Waals surface area contributed by atoms with Gasteiger partial charge in [-0.25, -0.2) is 22.0 Å². The zero-order valence-corrected chi connectivity index (χ0v) is 13.1. The molecule has 0 saturated carbocycles. The first-order valence-corrected chi connectivity index (χ1v) is 7.99. The minimum atomic E-state index is -4.22. The number of rotatable bonds is 4. The van der Waals surface area contributed by atoms with E-state index in [2.05, 4.69) is 15.9 Å². The molecular weight excluding hydrogens is 384 g/mol. The molecule has 0 unspecified atom stereocenters. The number of halogens is 3. The second-order valence-electron chi connectivity index (χ2n) is 4.18. The van der Waals surface area contributed by atoms with Crippen molar-refractivity contribution in [1.29, 1.82) is 0 Å². The predicted molar refractivity (Wildman–Crippen MR) is 78.3 cm³/mol.